The first-order valence-electron chi connectivity index (χ1n) is 15.2. The van der Waals surface area contributed by atoms with Crippen LogP contribution in [0.2, 0.25) is 0 Å². The number of aromatic nitrogens is 4. The Labute approximate surface area is 259 Å². The van der Waals surface area contributed by atoms with Gasteiger partial charge in [-0.2, -0.15) is 0 Å². The third-order valence-corrected chi connectivity index (χ3v) is 8.55. The highest BCUT2D eigenvalue weighted by atomic mass is 19.3. The number of halogens is 2. The lowest BCUT2D eigenvalue weighted by atomic mass is 10.0. The van der Waals surface area contributed by atoms with E-state index in [-0.39, 0.29) is 31.0 Å². The molecule has 2 aromatic heterocycles. The van der Waals surface area contributed by atoms with E-state index in [0.29, 0.717) is 17.9 Å². The van der Waals surface area contributed by atoms with E-state index in [1.807, 2.05) is 55.1 Å². The SMILES string of the molecule is CC(C)C(N)C(=O)N1CCC[C@H]1c1nc2ccc3cc(-c4ccc5nc(CN(CC(C)(F)F)C(=O)CN)[nH]c5c4)ccc3c2[nH]1. The standard InChI is InChI=1S/C33H38F2N8O2/c1-18(2)29(37)32(45)43-12-4-5-26(43)31-40-24-11-8-21-13-19(6-9-22(21)30(24)41-31)20-7-10-23-25(14-20)39-27(38-23)16-42(28(44)15-36)17-33(3,34)35/h6-11,13-14,18,26,29H,4-5,12,15-17,36-37H2,1-3H3,(H,38,39)(H,40,41)/t26-,29?/m0/s1. The second-order valence-corrected chi connectivity index (χ2v) is 12.4. The van der Waals surface area contributed by atoms with E-state index < -0.39 is 24.4 Å². The van der Waals surface area contributed by atoms with Crippen molar-refractivity contribution in [1.82, 2.24) is 29.7 Å². The lowest BCUT2D eigenvalue weighted by Gasteiger charge is -2.27. The number of nitrogens with zero attached hydrogens (tertiary/aromatic N) is 4. The molecule has 12 heteroatoms. The van der Waals surface area contributed by atoms with Crippen molar-refractivity contribution < 1.29 is 18.4 Å². The van der Waals surface area contributed by atoms with E-state index in [1.54, 1.807) is 0 Å². The number of rotatable bonds is 9. The average Bonchev–Trinajstić information content (AvgIpc) is 3.75. The number of carbonyl (C=O) groups is 2. The fourth-order valence-corrected chi connectivity index (χ4v) is 6.15. The maximum Gasteiger partial charge on any atom is 0.262 e. The Morgan fingerprint density at radius 2 is 1.80 bits per heavy atom. The first kappa shape index (κ1) is 30.6. The molecule has 0 spiro atoms. The number of hydrogen-bond acceptors (Lipinski definition) is 6. The van der Waals surface area contributed by atoms with Gasteiger partial charge < -0.3 is 31.2 Å². The Bertz CT molecular complexity index is 1890. The highest BCUT2D eigenvalue weighted by Crippen LogP contribution is 2.35. The first-order chi connectivity index (χ1) is 21.4. The second-order valence-electron chi connectivity index (χ2n) is 12.4. The number of fused-ring (bicyclic) bond motifs is 4. The van der Waals surface area contributed by atoms with Crippen LogP contribution in [0.15, 0.2) is 48.5 Å². The summed E-state index contributed by atoms with van der Waals surface area (Å²) in [6.45, 7) is 4.16. The predicted molar refractivity (Wildman–Crippen MR) is 170 cm³/mol. The topological polar surface area (TPSA) is 150 Å². The van der Waals surface area contributed by atoms with Gasteiger partial charge in [-0.1, -0.05) is 38.1 Å². The maximum atomic E-state index is 13.7. The van der Waals surface area contributed by atoms with Crippen LogP contribution in [0, 0.1) is 5.92 Å². The monoisotopic (exact) mass is 616 g/mol. The van der Waals surface area contributed by atoms with Crippen molar-refractivity contribution >= 4 is 44.7 Å². The van der Waals surface area contributed by atoms with Gasteiger partial charge in [-0.25, -0.2) is 18.7 Å². The summed E-state index contributed by atoms with van der Waals surface area (Å²) in [5, 5.41) is 2.05. The number of carbonyl (C=O) groups excluding carboxylic acids is 2. The molecule has 1 fully saturated rings. The zero-order valence-electron chi connectivity index (χ0n) is 25.6. The van der Waals surface area contributed by atoms with Crippen LogP contribution in [0.3, 0.4) is 0 Å². The van der Waals surface area contributed by atoms with Gasteiger partial charge in [0.05, 0.1) is 53.8 Å². The molecule has 0 radical (unpaired) electrons. The molecule has 1 aliphatic heterocycles. The van der Waals surface area contributed by atoms with Gasteiger partial charge in [-0.15, -0.1) is 0 Å². The summed E-state index contributed by atoms with van der Waals surface area (Å²) in [7, 11) is 0. The van der Waals surface area contributed by atoms with Crippen LogP contribution in [-0.4, -0.2) is 73.1 Å². The smallest absolute Gasteiger partial charge is 0.262 e. The molecule has 2 amide bonds. The van der Waals surface area contributed by atoms with Crippen LogP contribution in [0.5, 0.6) is 0 Å². The molecule has 2 atom stereocenters. The molecule has 6 rings (SSSR count). The molecule has 1 unspecified atom stereocenters. The molecular formula is C33H38F2N8O2. The molecule has 0 saturated carbocycles. The van der Waals surface area contributed by atoms with Gasteiger partial charge in [0.15, 0.2) is 0 Å². The van der Waals surface area contributed by atoms with Crippen molar-refractivity contribution in [3.05, 3.63) is 60.2 Å². The van der Waals surface area contributed by atoms with Gasteiger partial charge in [0, 0.05) is 18.9 Å². The normalized spacial score (nSPS) is 16.4. The van der Waals surface area contributed by atoms with Gasteiger partial charge in [-0.05, 0) is 59.5 Å². The molecule has 1 saturated heterocycles. The van der Waals surface area contributed by atoms with Crippen molar-refractivity contribution in [2.45, 2.75) is 58.2 Å². The summed E-state index contributed by atoms with van der Waals surface area (Å²) < 4.78 is 27.4. The third kappa shape index (κ3) is 6.12. The summed E-state index contributed by atoms with van der Waals surface area (Å²) in [6, 6.07) is 15.3. The van der Waals surface area contributed by atoms with Crippen LogP contribution in [-0.2, 0) is 16.1 Å². The summed E-state index contributed by atoms with van der Waals surface area (Å²) in [4.78, 5) is 44.3. The van der Waals surface area contributed by atoms with Crippen LogP contribution < -0.4 is 11.5 Å². The number of benzene rings is 3. The number of imidazole rings is 2. The molecule has 0 bridgehead atoms. The third-order valence-electron chi connectivity index (χ3n) is 8.55. The van der Waals surface area contributed by atoms with Gasteiger partial charge in [0.1, 0.15) is 11.6 Å². The lowest BCUT2D eigenvalue weighted by molar-refractivity contribution is -0.135. The molecule has 3 heterocycles. The van der Waals surface area contributed by atoms with Crippen molar-refractivity contribution in [3.63, 3.8) is 0 Å². The van der Waals surface area contributed by atoms with Crippen molar-refractivity contribution in [2.75, 3.05) is 19.6 Å². The van der Waals surface area contributed by atoms with E-state index in [1.165, 1.54) is 0 Å². The average molecular weight is 617 g/mol. The Morgan fingerprint density at radius 1 is 1.07 bits per heavy atom. The number of hydrogen-bond donors (Lipinski definition) is 4. The highest BCUT2D eigenvalue weighted by Gasteiger charge is 2.35. The van der Waals surface area contributed by atoms with Gasteiger partial charge in [0.25, 0.3) is 5.92 Å². The van der Waals surface area contributed by atoms with E-state index in [0.717, 1.165) is 68.9 Å². The number of H-pyrrole nitrogens is 2. The molecule has 5 aromatic rings. The quantitative estimate of drug-likeness (QED) is 0.186. The van der Waals surface area contributed by atoms with Gasteiger partial charge >= 0.3 is 0 Å². The molecule has 6 N–H and O–H groups in total. The molecule has 3 aromatic carbocycles. The Kier molecular flexibility index (Phi) is 8.04. The van der Waals surface area contributed by atoms with E-state index in [2.05, 4.69) is 27.1 Å². The molecule has 1 aliphatic rings. The van der Waals surface area contributed by atoms with E-state index >= 15 is 0 Å². The van der Waals surface area contributed by atoms with Crippen molar-refractivity contribution in [2.24, 2.45) is 17.4 Å². The summed E-state index contributed by atoms with van der Waals surface area (Å²) in [5.74, 6) is -2.43. The summed E-state index contributed by atoms with van der Waals surface area (Å²) >= 11 is 0. The minimum absolute atomic E-state index is 0.0345. The number of aromatic amines is 2. The molecule has 45 heavy (non-hydrogen) atoms. The molecule has 236 valence electrons. The molecular weight excluding hydrogens is 578 g/mol. The maximum absolute atomic E-state index is 13.7. The number of likely N-dealkylation sites (tertiary alicyclic amines) is 1. The number of alkyl halides is 2. The molecule has 0 aliphatic carbocycles. The van der Waals surface area contributed by atoms with E-state index in [4.69, 9.17) is 16.5 Å². The minimum Gasteiger partial charge on any atom is -0.340 e. The zero-order valence-corrected chi connectivity index (χ0v) is 25.6. The van der Waals surface area contributed by atoms with Gasteiger partial charge in [0.2, 0.25) is 11.8 Å². The highest BCUT2D eigenvalue weighted by molar-refractivity contribution is 6.05. The zero-order chi connectivity index (χ0) is 32.0. The van der Waals surface area contributed by atoms with E-state index in [9.17, 15) is 18.4 Å². The Hall–Kier alpha value is -4.42. The first-order valence-corrected chi connectivity index (χ1v) is 15.2. The predicted octanol–water partition coefficient (Wildman–Crippen LogP) is 4.85. The summed E-state index contributed by atoms with van der Waals surface area (Å²) in [6.07, 6.45) is 1.74. The fourth-order valence-electron chi connectivity index (χ4n) is 6.15. The second kappa shape index (κ2) is 11.8. The van der Waals surface area contributed by atoms with Crippen LogP contribution >= 0.6 is 0 Å². The van der Waals surface area contributed by atoms with Crippen LogP contribution in [0.4, 0.5) is 8.78 Å². The molecule has 10 nitrogen and oxygen atoms in total. The summed E-state index contributed by atoms with van der Waals surface area (Å²) in [5.41, 5.74) is 16.7. The number of nitrogens with one attached hydrogen (secondary N) is 2. The lowest BCUT2D eigenvalue weighted by Crippen LogP contribution is -2.46. The Morgan fingerprint density at radius 3 is 2.53 bits per heavy atom. The number of amides is 2. The minimum atomic E-state index is -3.05. The van der Waals surface area contributed by atoms with Gasteiger partial charge in [-0.3, -0.25) is 9.59 Å². The van der Waals surface area contributed by atoms with Crippen LogP contribution in [0.1, 0.15) is 51.3 Å². The van der Waals surface area contributed by atoms with Crippen LogP contribution in [0.25, 0.3) is 44.0 Å². The number of nitrogens with two attached hydrogens (primary N) is 2. The Balaban J connectivity index is 1.27. The largest absolute Gasteiger partial charge is 0.340 e. The van der Waals surface area contributed by atoms with Crippen molar-refractivity contribution in [3.8, 4) is 11.1 Å². The van der Waals surface area contributed by atoms with Crippen molar-refractivity contribution in [1.29, 1.82) is 0 Å². The fraction of sp³-hybridized carbons (Fsp3) is 0.394.